The standard InChI is InChI=1S/C15H20O5S/c1-19-15(16)14(9-11-7-8-20-10-11)12-3-5-13(6-4-12)21(2,17)18/h3-6,11,14H,7-10H2,1-2H3. The minimum absolute atomic E-state index is 0.249. The third-order valence-corrected chi connectivity index (χ3v) is 4.92. The van der Waals surface area contributed by atoms with Crippen LogP contribution in [0, 0.1) is 5.92 Å². The molecule has 1 heterocycles. The van der Waals surface area contributed by atoms with Crippen LogP contribution in [0.3, 0.4) is 0 Å². The number of methoxy groups -OCH3 is 1. The molecule has 0 bridgehead atoms. The van der Waals surface area contributed by atoms with Gasteiger partial charge in [0.05, 0.1) is 17.9 Å². The predicted molar refractivity (Wildman–Crippen MR) is 77.9 cm³/mol. The lowest BCUT2D eigenvalue weighted by atomic mass is 9.88. The van der Waals surface area contributed by atoms with Crippen molar-refractivity contribution in [2.45, 2.75) is 23.7 Å². The molecule has 0 saturated carbocycles. The van der Waals surface area contributed by atoms with Crippen molar-refractivity contribution in [1.82, 2.24) is 0 Å². The van der Waals surface area contributed by atoms with Crippen molar-refractivity contribution >= 4 is 15.8 Å². The van der Waals surface area contributed by atoms with E-state index in [4.69, 9.17) is 9.47 Å². The first-order valence-electron chi connectivity index (χ1n) is 6.87. The lowest BCUT2D eigenvalue weighted by Crippen LogP contribution is -2.18. The van der Waals surface area contributed by atoms with E-state index in [9.17, 15) is 13.2 Å². The molecule has 1 aliphatic rings. The van der Waals surface area contributed by atoms with E-state index in [1.807, 2.05) is 0 Å². The highest BCUT2D eigenvalue weighted by Gasteiger charge is 2.27. The van der Waals surface area contributed by atoms with Gasteiger partial charge in [-0.2, -0.15) is 0 Å². The Morgan fingerprint density at radius 2 is 2.05 bits per heavy atom. The largest absolute Gasteiger partial charge is 0.469 e. The number of benzene rings is 1. The first-order chi connectivity index (χ1) is 9.91. The SMILES string of the molecule is COC(=O)C(CC1CCOC1)c1ccc(S(C)(=O)=O)cc1. The van der Waals surface area contributed by atoms with Crippen molar-refractivity contribution in [2.75, 3.05) is 26.6 Å². The predicted octanol–water partition coefficient (Wildman–Crippen LogP) is 1.77. The number of carbonyl (C=O) groups excluding carboxylic acids is 1. The molecule has 1 fully saturated rings. The number of esters is 1. The van der Waals surface area contributed by atoms with Crippen LogP contribution in [-0.4, -0.2) is 41.0 Å². The van der Waals surface area contributed by atoms with E-state index in [0.717, 1.165) is 24.8 Å². The van der Waals surface area contributed by atoms with Gasteiger partial charge in [0.2, 0.25) is 0 Å². The van der Waals surface area contributed by atoms with Gasteiger partial charge in [0.15, 0.2) is 9.84 Å². The monoisotopic (exact) mass is 312 g/mol. The number of ether oxygens (including phenoxy) is 2. The Morgan fingerprint density at radius 1 is 1.38 bits per heavy atom. The van der Waals surface area contributed by atoms with Crippen LogP contribution in [0.2, 0.25) is 0 Å². The van der Waals surface area contributed by atoms with Gasteiger partial charge in [-0.15, -0.1) is 0 Å². The van der Waals surface area contributed by atoms with Crippen LogP contribution in [0.4, 0.5) is 0 Å². The van der Waals surface area contributed by atoms with Gasteiger partial charge >= 0.3 is 5.97 Å². The van der Waals surface area contributed by atoms with E-state index in [1.54, 1.807) is 12.1 Å². The highest BCUT2D eigenvalue weighted by molar-refractivity contribution is 7.90. The van der Waals surface area contributed by atoms with Crippen LogP contribution < -0.4 is 0 Å². The molecule has 1 aliphatic heterocycles. The van der Waals surface area contributed by atoms with Crippen LogP contribution >= 0.6 is 0 Å². The summed E-state index contributed by atoms with van der Waals surface area (Å²) in [5.41, 5.74) is 0.779. The molecule has 116 valence electrons. The lowest BCUT2D eigenvalue weighted by Gasteiger charge is -2.18. The minimum atomic E-state index is -3.23. The average molecular weight is 312 g/mol. The molecule has 2 rings (SSSR count). The molecule has 21 heavy (non-hydrogen) atoms. The zero-order valence-electron chi connectivity index (χ0n) is 12.2. The van der Waals surface area contributed by atoms with E-state index in [0.29, 0.717) is 18.9 Å². The maximum absolute atomic E-state index is 12.0. The molecule has 0 aromatic heterocycles. The smallest absolute Gasteiger partial charge is 0.313 e. The van der Waals surface area contributed by atoms with E-state index in [2.05, 4.69) is 0 Å². The van der Waals surface area contributed by atoms with Crippen LogP contribution in [0.5, 0.6) is 0 Å². The Kier molecular flexibility index (Phi) is 5.00. The molecular weight excluding hydrogens is 292 g/mol. The second-order valence-electron chi connectivity index (χ2n) is 5.38. The highest BCUT2D eigenvalue weighted by Crippen LogP contribution is 2.30. The molecule has 2 unspecified atom stereocenters. The molecule has 0 spiro atoms. The van der Waals surface area contributed by atoms with E-state index in [-0.39, 0.29) is 16.8 Å². The van der Waals surface area contributed by atoms with Crippen molar-refractivity contribution in [1.29, 1.82) is 0 Å². The molecule has 0 amide bonds. The van der Waals surface area contributed by atoms with Gasteiger partial charge in [-0.05, 0) is 36.5 Å². The fourth-order valence-corrected chi connectivity index (χ4v) is 3.19. The van der Waals surface area contributed by atoms with Crippen LogP contribution in [0.15, 0.2) is 29.2 Å². The van der Waals surface area contributed by atoms with Crippen molar-refractivity contribution < 1.29 is 22.7 Å². The number of hydrogen-bond acceptors (Lipinski definition) is 5. The van der Waals surface area contributed by atoms with Gasteiger partial charge in [0.25, 0.3) is 0 Å². The fourth-order valence-electron chi connectivity index (χ4n) is 2.56. The molecule has 0 aliphatic carbocycles. The molecule has 5 nitrogen and oxygen atoms in total. The Hall–Kier alpha value is -1.40. The van der Waals surface area contributed by atoms with Crippen molar-refractivity contribution in [3.8, 4) is 0 Å². The minimum Gasteiger partial charge on any atom is -0.469 e. The summed E-state index contributed by atoms with van der Waals surface area (Å²) in [5, 5.41) is 0. The molecule has 2 atom stereocenters. The zero-order chi connectivity index (χ0) is 15.5. The van der Waals surface area contributed by atoms with Crippen LogP contribution in [-0.2, 0) is 24.1 Å². The maximum Gasteiger partial charge on any atom is 0.313 e. The summed E-state index contributed by atoms with van der Waals surface area (Å²) < 4.78 is 33.2. The molecule has 1 saturated heterocycles. The van der Waals surface area contributed by atoms with E-state index >= 15 is 0 Å². The van der Waals surface area contributed by atoms with Gasteiger partial charge in [-0.1, -0.05) is 12.1 Å². The summed E-state index contributed by atoms with van der Waals surface area (Å²) in [7, 11) is -1.86. The summed E-state index contributed by atoms with van der Waals surface area (Å²) >= 11 is 0. The second-order valence-corrected chi connectivity index (χ2v) is 7.40. The third kappa shape index (κ3) is 4.04. The highest BCUT2D eigenvalue weighted by atomic mass is 32.2. The molecule has 1 aromatic carbocycles. The van der Waals surface area contributed by atoms with Crippen molar-refractivity contribution in [3.05, 3.63) is 29.8 Å². The average Bonchev–Trinajstić information content (AvgIpc) is 2.96. The van der Waals surface area contributed by atoms with E-state index < -0.39 is 9.84 Å². The van der Waals surface area contributed by atoms with Gasteiger partial charge in [0, 0.05) is 19.5 Å². The number of carbonyl (C=O) groups is 1. The van der Waals surface area contributed by atoms with Gasteiger partial charge in [-0.25, -0.2) is 8.42 Å². The third-order valence-electron chi connectivity index (χ3n) is 3.79. The second kappa shape index (κ2) is 6.58. The Balaban J connectivity index is 2.21. The molecule has 1 aromatic rings. The topological polar surface area (TPSA) is 69.7 Å². The zero-order valence-corrected chi connectivity index (χ0v) is 13.1. The summed E-state index contributed by atoms with van der Waals surface area (Å²) in [5.74, 6) is -0.340. The Morgan fingerprint density at radius 3 is 2.52 bits per heavy atom. The number of hydrogen-bond donors (Lipinski definition) is 0. The lowest BCUT2D eigenvalue weighted by molar-refractivity contribution is -0.142. The van der Waals surface area contributed by atoms with Crippen molar-refractivity contribution in [2.24, 2.45) is 5.92 Å². The summed E-state index contributed by atoms with van der Waals surface area (Å²) in [6, 6.07) is 6.44. The number of sulfone groups is 1. The summed E-state index contributed by atoms with van der Waals surface area (Å²) in [6.45, 7) is 1.39. The molecular formula is C15H20O5S. The molecule has 0 radical (unpaired) electrons. The molecule has 0 N–H and O–H groups in total. The van der Waals surface area contributed by atoms with Crippen LogP contribution in [0.1, 0.15) is 24.3 Å². The van der Waals surface area contributed by atoms with Gasteiger partial charge < -0.3 is 9.47 Å². The first-order valence-corrected chi connectivity index (χ1v) is 8.76. The Labute approximate surface area is 125 Å². The fraction of sp³-hybridized carbons (Fsp3) is 0.533. The first kappa shape index (κ1) is 16.0. The van der Waals surface area contributed by atoms with Gasteiger partial charge in [-0.3, -0.25) is 4.79 Å². The van der Waals surface area contributed by atoms with E-state index in [1.165, 1.54) is 19.2 Å². The maximum atomic E-state index is 12.0. The quantitative estimate of drug-likeness (QED) is 0.775. The van der Waals surface area contributed by atoms with Crippen LogP contribution in [0.25, 0.3) is 0 Å². The Bertz CT molecular complexity index is 585. The summed E-state index contributed by atoms with van der Waals surface area (Å²) in [6.07, 6.45) is 2.76. The number of rotatable bonds is 5. The molecule has 6 heteroatoms. The van der Waals surface area contributed by atoms with Gasteiger partial charge in [0.1, 0.15) is 0 Å². The van der Waals surface area contributed by atoms with Crippen molar-refractivity contribution in [3.63, 3.8) is 0 Å². The normalized spacial score (nSPS) is 20.2. The summed E-state index contributed by atoms with van der Waals surface area (Å²) in [4.78, 5) is 12.2.